The molecule has 0 aromatic carbocycles. The minimum absolute atomic E-state index is 0.282. The van der Waals surface area contributed by atoms with Gasteiger partial charge >= 0.3 is 0 Å². The average molecular weight is 348 g/mol. The van der Waals surface area contributed by atoms with Gasteiger partial charge in [-0.15, -0.1) is 0 Å². The fourth-order valence-corrected chi connectivity index (χ4v) is 2.78. The van der Waals surface area contributed by atoms with Gasteiger partial charge < -0.3 is 23.7 Å². The van der Waals surface area contributed by atoms with E-state index in [-0.39, 0.29) is 18.3 Å². The number of thiocarbonyl (C=S) groups is 1. The van der Waals surface area contributed by atoms with E-state index in [0.717, 1.165) is 5.57 Å². The Hall–Kier alpha value is -0.180. The molecule has 22 heavy (non-hydrogen) atoms. The Morgan fingerprint density at radius 3 is 2.59 bits per heavy atom. The molecule has 2 rings (SSSR count). The molecule has 2 aliphatic heterocycles. The van der Waals surface area contributed by atoms with Gasteiger partial charge in [0.2, 0.25) is 4.38 Å². The predicted molar refractivity (Wildman–Crippen MR) is 89.9 cm³/mol. The van der Waals surface area contributed by atoms with Crippen LogP contribution in [0.4, 0.5) is 0 Å². The standard InChI is InChI=1S/C15H24O5S2/c1-9-7-17-14(2,3)19-11(9)12-10(8-16-13(21)22-6)18-15(4,5)20-12/h10-12H,1,7-8H2,2-6H3/t10-,11+,12+/m0/s1. The van der Waals surface area contributed by atoms with Crippen molar-refractivity contribution < 1.29 is 23.7 Å². The fourth-order valence-electron chi connectivity index (χ4n) is 2.53. The van der Waals surface area contributed by atoms with Crippen LogP contribution < -0.4 is 0 Å². The normalized spacial score (nSPS) is 33.7. The van der Waals surface area contributed by atoms with Gasteiger partial charge in [-0.2, -0.15) is 0 Å². The molecule has 5 nitrogen and oxygen atoms in total. The molecule has 2 fully saturated rings. The minimum Gasteiger partial charge on any atom is -0.476 e. The third-order valence-electron chi connectivity index (χ3n) is 3.47. The summed E-state index contributed by atoms with van der Waals surface area (Å²) in [5.74, 6) is -1.38. The highest BCUT2D eigenvalue weighted by atomic mass is 32.2. The van der Waals surface area contributed by atoms with Crippen LogP contribution in [0.15, 0.2) is 12.2 Å². The van der Waals surface area contributed by atoms with Crippen molar-refractivity contribution in [3.63, 3.8) is 0 Å². The molecule has 0 amide bonds. The zero-order chi connectivity index (χ0) is 16.5. The molecule has 0 bridgehead atoms. The first-order chi connectivity index (χ1) is 10.1. The van der Waals surface area contributed by atoms with Crippen molar-refractivity contribution in [2.75, 3.05) is 19.5 Å². The molecular formula is C15H24O5S2. The van der Waals surface area contributed by atoms with Gasteiger partial charge in [0.15, 0.2) is 11.6 Å². The van der Waals surface area contributed by atoms with Crippen molar-refractivity contribution in [2.24, 2.45) is 0 Å². The van der Waals surface area contributed by atoms with Gasteiger partial charge in [-0.05, 0) is 51.7 Å². The van der Waals surface area contributed by atoms with Gasteiger partial charge in [-0.3, -0.25) is 0 Å². The summed E-state index contributed by atoms with van der Waals surface area (Å²) in [7, 11) is 0. The van der Waals surface area contributed by atoms with E-state index in [4.69, 9.17) is 35.9 Å². The van der Waals surface area contributed by atoms with E-state index >= 15 is 0 Å². The minimum atomic E-state index is -0.703. The summed E-state index contributed by atoms with van der Waals surface area (Å²) in [5.41, 5.74) is 0.836. The molecule has 0 aliphatic carbocycles. The van der Waals surface area contributed by atoms with Crippen LogP contribution in [0.5, 0.6) is 0 Å². The van der Waals surface area contributed by atoms with Crippen molar-refractivity contribution in [1.29, 1.82) is 0 Å². The SMILES string of the molecule is C=C1COC(C)(C)O[C@H]1[C@@H]1OC(C)(C)O[C@H]1COC(=S)SC. The highest BCUT2D eigenvalue weighted by Crippen LogP contribution is 2.37. The van der Waals surface area contributed by atoms with E-state index in [1.165, 1.54) is 11.8 Å². The highest BCUT2D eigenvalue weighted by Gasteiger charge is 2.49. The van der Waals surface area contributed by atoms with Crippen LogP contribution in [0, 0.1) is 0 Å². The molecule has 0 aromatic rings. The van der Waals surface area contributed by atoms with Crippen molar-refractivity contribution in [1.82, 2.24) is 0 Å². The van der Waals surface area contributed by atoms with E-state index in [1.807, 2.05) is 34.0 Å². The van der Waals surface area contributed by atoms with Crippen LogP contribution in [0.2, 0.25) is 0 Å². The lowest BCUT2D eigenvalue weighted by Crippen LogP contribution is -2.50. The number of hydrogen-bond donors (Lipinski definition) is 0. The van der Waals surface area contributed by atoms with Gasteiger partial charge in [-0.25, -0.2) is 0 Å². The molecule has 2 aliphatic rings. The zero-order valence-electron chi connectivity index (χ0n) is 13.7. The predicted octanol–water partition coefficient (Wildman–Crippen LogP) is 2.88. The maximum absolute atomic E-state index is 6.04. The Morgan fingerprint density at radius 2 is 1.95 bits per heavy atom. The summed E-state index contributed by atoms with van der Waals surface area (Å²) >= 11 is 6.47. The molecule has 2 saturated heterocycles. The lowest BCUT2D eigenvalue weighted by Gasteiger charge is -2.40. The first-order valence-electron chi connectivity index (χ1n) is 7.19. The number of ether oxygens (including phenoxy) is 5. The fraction of sp³-hybridized carbons (Fsp3) is 0.800. The molecule has 0 saturated carbocycles. The van der Waals surface area contributed by atoms with E-state index in [1.54, 1.807) is 0 Å². The third kappa shape index (κ3) is 4.43. The van der Waals surface area contributed by atoms with Crippen molar-refractivity contribution in [3.8, 4) is 0 Å². The third-order valence-corrected chi connectivity index (χ3v) is 4.54. The van der Waals surface area contributed by atoms with Gasteiger partial charge in [0.05, 0.1) is 6.61 Å². The zero-order valence-corrected chi connectivity index (χ0v) is 15.3. The lowest BCUT2D eigenvalue weighted by atomic mass is 10.0. The Labute approximate surface area is 141 Å². The average Bonchev–Trinajstić information content (AvgIpc) is 2.74. The molecule has 0 aromatic heterocycles. The Bertz CT molecular complexity index is 449. The second kappa shape index (κ2) is 6.75. The van der Waals surface area contributed by atoms with Crippen LogP contribution in [0.1, 0.15) is 27.7 Å². The van der Waals surface area contributed by atoms with Gasteiger partial charge in [0.25, 0.3) is 0 Å². The van der Waals surface area contributed by atoms with Crippen LogP contribution in [0.25, 0.3) is 0 Å². The number of rotatable bonds is 3. The molecule has 0 unspecified atom stereocenters. The molecule has 0 spiro atoms. The Morgan fingerprint density at radius 1 is 1.27 bits per heavy atom. The second-order valence-corrected chi connectivity index (χ2v) is 7.70. The van der Waals surface area contributed by atoms with E-state index in [2.05, 4.69) is 6.58 Å². The smallest absolute Gasteiger partial charge is 0.219 e. The number of thioether (sulfide) groups is 1. The molecule has 3 atom stereocenters. The monoisotopic (exact) mass is 348 g/mol. The molecule has 0 N–H and O–H groups in total. The van der Waals surface area contributed by atoms with Crippen LogP contribution >= 0.6 is 24.0 Å². The maximum Gasteiger partial charge on any atom is 0.219 e. The summed E-state index contributed by atoms with van der Waals surface area (Å²) in [6, 6.07) is 0. The highest BCUT2D eigenvalue weighted by molar-refractivity contribution is 8.22. The van der Waals surface area contributed by atoms with E-state index < -0.39 is 11.6 Å². The van der Waals surface area contributed by atoms with Crippen LogP contribution in [0.3, 0.4) is 0 Å². The number of hydrogen-bond acceptors (Lipinski definition) is 7. The quantitative estimate of drug-likeness (QED) is 0.574. The first-order valence-corrected chi connectivity index (χ1v) is 8.83. The topological polar surface area (TPSA) is 46.2 Å². The first kappa shape index (κ1) is 18.2. The largest absolute Gasteiger partial charge is 0.476 e. The maximum atomic E-state index is 6.04. The molecular weight excluding hydrogens is 324 g/mol. The Balaban J connectivity index is 2.11. The summed E-state index contributed by atoms with van der Waals surface area (Å²) in [6.07, 6.45) is 0.981. The van der Waals surface area contributed by atoms with Crippen molar-refractivity contribution in [2.45, 2.75) is 57.6 Å². The van der Waals surface area contributed by atoms with Gasteiger partial charge in [0, 0.05) is 0 Å². The summed E-state index contributed by atoms with van der Waals surface area (Å²) in [5, 5.41) is 0. The van der Waals surface area contributed by atoms with Crippen LogP contribution in [-0.4, -0.2) is 53.7 Å². The molecule has 0 radical (unpaired) electrons. The van der Waals surface area contributed by atoms with E-state index in [9.17, 15) is 0 Å². The molecule has 7 heteroatoms. The van der Waals surface area contributed by atoms with E-state index in [0.29, 0.717) is 17.6 Å². The second-order valence-electron chi connectivity index (χ2n) is 6.29. The van der Waals surface area contributed by atoms with Crippen LogP contribution in [-0.2, 0) is 23.7 Å². The molecule has 126 valence electrons. The Kier molecular flexibility index (Phi) is 5.57. The lowest BCUT2D eigenvalue weighted by molar-refractivity contribution is -0.272. The summed E-state index contributed by atoms with van der Waals surface area (Å²) in [4.78, 5) is 0. The summed E-state index contributed by atoms with van der Waals surface area (Å²) in [6.45, 7) is 12.3. The molecule has 2 heterocycles. The van der Waals surface area contributed by atoms with Gasteiger partial charge in [-0.1, -0.05) is 18.3 Å². The summed E-state index contributed by atoms with van der Waals surface area (Å²) < 4.78 is 29.6. The van der Waals surface area contributed by atoms with Gasteiger partial charge in [0.1, 0.15) is 24.9 Å². The van der Waals surface area contributed by atoms with Crippen molar-refractivity contribution >= 4 is 28.4 Å². The van der Waals surface area contributed by atoms with Crippen molar-refractivity contribution in [3.05, 3.63) is 12.2 Å².